The van der Waals surface area contributed by atoms with Crippen LogP contribution in [0.1, 0.15) is 31.1 Å². The topological polar surface area (TPSA) is 137 Å². The van der Waals surface area contributed by atoms with Crippen LogP contribution in [-0.2, 0) is 14.8 Å². The monoisotopic (exact) mass is 395 g/mol. The summed E-state index contributed by atoms with van der Waals surface area (Å²) >= 11 is 0. The summed E-state index contributed by atoms with van der Waals surface area (Å²) in [5.41, 5.74) is -0.387. The molecular formula is C17H21N3O6S. The summed E-state index contributed by atoms with van der Waals surface area (Å²) in [5.74, 6) is -2.01. The summed E-state index contributed by atoms with van der Waals surface area (Å²) in [5, 5.41) is 11.4. The van der Waals surface area contributed by atoms with Gasteiger partial charge in [0.1, 0.15) is 6.04 Å². The molecule has 3 N–H and O–H groups in total. The van der Waals surface area contributed by atoms with E-state index < -0.39 is 33.5 Å². The molecule has 10 heteroatoms. The first kappa shape index (κ1) is 20.6. The molecule has 0 saturated heterocycles. The molecule has 2 aromatic rings. The summed E-state index contributed by atoms with van der Waals surface area (Å²) in [7, 11) is -3.77. The molecule has 1 aromatic carbocycles. The lowest BCUT2D eigenvalue weighted by Gasteiger charge is -2.19. The number of benzene rings is 1. The highest BCUT2D eigenvalue weighted by atomic mass is 32.2. The van der Waals surface area contributed by atoms with E-state index in [4.69, 9.17) is 5.11 Å². The minimum atomic E-state index is -3.77. The fourth-order valence-electron chi connectivity index (χ4n) is 2.63. The first-order valence-electron chi connectivity index (χ1n) is 8.32. The van der Waals surface area contributed by atoms with E-state index >= 15 is 0 Å². The van der Waals surface area contributed by atoms with Gasteiger partial charge in [-0.05, 0) is 25.1 Å². The molecule has 0 radical (unpaired) electrons. The molecule has 1 atom stereocenters. The second-order valence-corrected chi connectivity index (χ2v) is 7.82. The molecule has 9 nitrogen and oxygen atoms in total. The Bertz CT molecular complexity index is 1040. The van der Waals surface area contributed by atoms with Crippen LogP contribution in [0.3, 0.4) is 0 Å². The van der Waals surface area contributed by atoms with E-state index in [-0.39, 0.29) is 34.5 Å². The molecule has 2 rings (SSSR count). The van der Waals surface area contributed by atoms with E-state index in [0.29, 0.717) is 0 Å². The van der Waals surface area contributed by atoms with E-state index in [1.165, 1.54) is 29.4 Å². The van der Waals surface area contributed by atoms with Gasteiger partial charge in [-0.15, -0.1) is 0 Å². The number of aliphatic carboxylic acids is 1. The van der Waals surface area contributed by atoms with Crippen molar-refractivity contribution >= 4 is 32.8 Å². The molecule has 0 fully saturated rings. The Morgan fingerprint density at radius 2 is 1.85 bits per heavy atom. The van der Waals surface area contributed by atoms with Gasteiger partial charge in [-0.1, -0.05) is 13.8 Å². The van der Waals surface area contributed by atoms with Gasteiger partial charge in [0.15, 0.2) is 0 Å². The van der Waals surface area contributed by atoms with Crippen LogP contribution in [-0.4, -0.2) is 53.8 Å². The predicted octanol–water partition coefficient (Wildman–Crippen LogP) is 0.762. The van der Waals surface area contributed by atoms with Crippen LogP contribution in [0.2, 0.25) is 0 Å². The number of rotatable bonds is 7. The first-order chi connectivity index (χ1) is 12.6. The number of pyridine rings is 1. The van der Waals surface area contributed by atoms with Crippen molar-refractivity contribution in [1.29, 1.82) is 0 Å². The zero-order chi connectivity index (χ0) is 20.4. The molecular weight excluding hydrogens is 374 g/mol. The van der Waals surface area contributed by atoms with Crippen molar-refractivity contribution in [2.75, 3.05) is 13.1 Å². The van der Waals surface area contributed by atoms with Crippen molar-refractivity contribution in [3.05, 3.63) is 40.2 Å². The SMILES string of the molecule is CCN(CC)S(=O)(=O)c1ccc2[nH]c(=O)cc(C(=O)N[C@@H](C)C(=O)O)c2c1. The van der Waals surface area contributed by atoms with E-state index in [1.54, 1.807) is 13.8 Å². The maximum atomic E-state index is 12.7. The molecule has 1 aromatic heterocycles. The number of carboxylic acid groups (broad SMARTS) is 1. The lowest BCUT2D eigenvalue weighted by molar-refractivity contribution is -0.138. The predicted molar refractivity (Wildman–Crippen MR) is 99.2 cm³/mol. The number of aromatic nitrogens is 1. The largest absolute Gasteiger partial charge is 0.480 e. The number of aromatic amines is 1. The van der Waals surface area contributed by atoms with Crippen LogP contribution < -0.4 is 10.9 Å². The van der Waals surface area contributed by atoms with Gasteiger partial charge in [-0.25, -0.2) is 8.42 Å². The third-order valence-corrected chi connectivity index (χ3v) is 6.17. The maximum absolute atomic E-state index is 12.7. The van der Waals surface area contributed by atoms with Gasteiger partial charge in [0.25, 0.3) is 5.91 Å². The third kappa shape index (κ3) is 4.17. The van der Waals surface area contributed by atoms with Crippen LogP contribution in [0.15, 0.2) is 34.0 Å². The minimum absolute atomic E-state index is 0.0221. The molecule has 0 bridgehead atoms. The number of carbonyl (C=O) groups is 2. The zero-order valence-electron chi connectivity index (χ0n) is 15.1. The van der Waals surface area contributed by atoms with Crippen molar-refractivity contribution in [2.24, 2.45) is 0 Å². The molecule has 146 valence electrons. The Labute approximate surface area is 156 Å². The number of hydrogen-bond donors (Lipinski definition) is 3. The molecule has 0 aliphatic rings. The lowest BCUT2D eigenvalue weighted by atomic mass is 10.1. The number of H-pyrrole nitrogens is 1. The molecule has 1 heterocycles. The quantitative estimate of drug-likeness (QED) is 0.633. The van der Waals surface area contributed by atoms with E-state index in [2.05, 4.69) is 10.3 Å². The highest BCUT2D eigenvalue weighted by molar-refractivity contribution is 7.89. The summed E-state index contributed by atoms with van der Waals surface area (Å²) in [6.07, 6.45) is 0. The van der Waals surface area contributed by atoms with Crippen molar-refractivity contribution in [3.8, 4) is 0 Å². The Morgan fingerprint density at radius 3 is 2.41 bits per heavy atom. The fraction of sp³-hybridized carbons (Fsp3) is 0.353. The normalized spacial score (nSPS) is 12.9. The fourth-order valence-corrected chi connectivity index (χ4v) is 4.11. The van der Waals surface area contributed by atoms with Crippen LogP contribution in [0, 0.1) is 0 Å². The van der Waals surface area contributed by atoms with Crippen molar-refractivity contribution in [3.63, 3.8) is 0 Å². The highest BCUT2D eigenvalue weighted by Crippen LogP contribution is 2.23. The van der Waals surface area contributed by atoms with Crippen LogP contribution >= 0.6 is 0 Å². The standard InChI is InChI=1S/C17H21N3O6S/c1-4-20(5-2)27(25,26)11-6-7-14-12(8-11)13(9-15(21)19-14)16(22)18-10(3)17(23)24/h6-10H,4-5H2,1-3H3,(H,18,22)(H,19,21)(H,23,24)/t10-/m0/s1. The number of carbonyl (C=O) groups excluding carboxylic acids is 1. The number of fused-ring (bicyclic) bond motifs is 1. The lowest BCUT2D eigenvalue weighted by Crippen LogP contribution is -2.38. The second-order valence-electron chi connectivity index (χ2n) is 5.88. The number of amides is 1. The minimum Gasteiger partial charge on any atom is -0.480 e. The van der Waals surface area contributed by atoms with Crippen LogP contribution in [0.25, 0.3) is 10.9 Å². The average Bonchev–Trinajstić information content (AvgIpc) is 2.61. The van der Waals surface area contributed by atoms with Crippen molar-refractivity contribution in [1.82, 2.24) is 14.6 Å². The molecule has 0 aliphatic carbocycles. The van der Waals surface area contributed by atoms with Gasteiger partial charge in [-0.3, -0.25) is 14.4 Å². The summed E-state index contributed by atoms with van der Waals surface area (Å²) in [4.78, 5) is 37.7. The highest BCUT2D eigenvalue weighted by Gasteiger charge is 2.24. The van der Waals surface area contributed by atoms with Crippen LogP contribution in [0.5, 0.6) is 0 Å². The van der Waals surface area contributed by atoms with Gasteiger partial charge >= 0.3 is 5.97 Å². The van der Waals surface area contributed by atoms with Crippen molar-refractivity contribution in [2.45, 2.75) is 31.7 Å². The number of hydrogen-bond acceptors (Lipinski definition) is 5. The molecule has 27 heavy (non-hydrogen) atoms. The van der Waals surface area contributed by atoms with E-state index in [1.807, 2.05) is 0 Å². The summed E-state index contributed by atoms with van der Waals surface area (Å²) < 4.78 is 26.7. The van der Waals surface area contributed by atoms with Gasteiger partial charge < -0.3 is 15.4 Å². The average molecular weight is 395 g/mol. The number of nitrogens with one attached hydrogen (secondary N) is 2. The molecule has 0 aliphatic heterocycles. The Kier molecular flexibility index (Phi) is 6.01. The maximum Gasteiger partial charge on any atom is 0.325 e. The van der Waals surface area contributed by atoms with Gasteiger partial charge in [0.05, 0.1) is 10.5 Å². The third-order valence-electron chi connectivity index (χ3n) is 4.12. The Morgan fingerprint density at radius 1 is 1.22 bits per heavy atom. The smallest absolute Gasteiger partial charge is 0.325 e. The molecule has 1 amide bonds. The Hall–Kier alpha value is -2.72. The summed E-state index contributed by atoms with van der Waals surface area (Å²) in [6.45, 7) is 5.28. The van der Waals surface area contributed by atoms with Crippen LogP contribution in [0.4, 0.5) is 0 Å². The zero-order valence-corrected chi connectivity index (χ0v) is 16.0. The van der Waals surface area contributed by atoms with E-state index in [9.17, 15) is 22.8 Å². The van der Waals surface area contributed by atoms with Crippen molar-refractivity contribution < 1.29 is 23.1 Å². The summed E-state index contributed by atoms with van der Waals surface area (Å²) in [6, 6.07) is 3.91. The molecule has 0 unspecified atom stereocenters. The van der Waals surface area contributed by atoms with E-state index in [0.717, 1.165) is 6.07 Å². The second kappa shape index (κ2) is 7.89. The molecule has 0 saturated carbocycles. The number of nitrogens with zero attached hydrogens (tertiary/aromatic N) is 1. The van der Waals surface area contributed by atoms with Gasteiger partial charge in [0, 0.05) is 30.1 Å². The first-order valence-corrected chi connectivity index (χ1v) is 9.76. The molecule has 0 spiro atoms. The van der Waals surface area contributed by atoms with Gasteiger partial charge in [0.2, 0.25) is 15.6 Å². The Balaban J connectivity index is 2.63. The number of sulfonamides is 1. The number of carboxylic acids is 1. The van der Waals surface area contributed by atoms with Gasteiger partial charge in [-0.2, -0.15) is 4.31 Å².